The lowest BCUT2D eigenvalue weighted by molar-refractivity contribution is -0.385. The molecule has 2 aromatic rings. The molecule has 3 N–H and O–H groups in total. The fraction of sp³-hybridized carbons (Fsp3) is 0.0667. The minimum atomic E-state index is -0.661. The van der Waals surface area contributed by atoms with E-state index in [2.05, 4.69) is 15.8 Å². The maximum absolute atomic E-state index is 10.7. The van der Waals surface area contributed by atoms with Crippen molar-refractivity contribution in [3.05, 3.63) is 69.8 Å². The number of phenolic OH excluding ortho intramolecular Hbond substituents is 1. The van der Waals surface area contributed by atoms with Crippen molar-refractivity contribution >= 4 is 29.2 Å². The smallest absolute Gasteiger partial charge is 0.311 e. The largest absolute Gasteiger partial charge is 0.502 e. The van der Waals surface area contributed by atoms with Crippen molar-refractivity contribution in [3.8, 4) is 5.75 Å². The van der Waals surface area contributed by atoms with E-state index in [0.717, 1.165) is 5.56 Å². The molecule has 0 aliphatic heterocycles. The molecule has 2 aromatic carbocycles. The molecule has 0 bridgehead atoms. The molecule has 0 aromatic heterocycles. The molecule has 0 radical (unpaired) electrons. The third-order valence-electron chi connectivity index (χ3n) is 2.87. The van der Waals surface area contributed by atoms with Crippen LogP contribution in [0.1, 0.15) is 11.1 Å². The van der Waals surface area contributed by atoms with E-state index >= 15 is 0 Å². The Labute approximate surface area is 137 Å². The van der Waals surface area contributed by atoms with E-state index in [1.54, 1.807) is 0 Å². The lowest BCUT2D eigenvalue weighted by Gasteiger charge is -2.06. The van der Waals surface area contributed by atoms with E-state index in [1.807, 2.05) is 30.3 Å². The highest BCUT2D eigenvalue weighted by molar-refractivity contribution is 7.80. The zero-order valence-electron chi connectivity index (χ0n) is 12.0. The zero-order valence-corrected chi connectivity index (χ0v) is 12.8. The summed E-state index contributed by atoms with van der Waals surface area (Å²) in [5.41, 5.74) is 3.79. The molecule has 0 saturated heterocycles. The molecular formula is C15H14N4O3S. The molecule has 0 fully saturated rings. The third kappa shape index (κ3) is 5.04. The van der Waals surface area contributed by atoms with E-state index in [1.165, 1.54) is 24.4 Å². The summed E-state index contributed by atoms with van der Waals surface area (Å²) < 4.78 is 0. The Morgan fingerprint density at radius 1 is 1.30 bits per heavy atom. The summed E-state index contributed by atoms with van der Waals surface area (Å²) in [6.45, 7) is 0.562. The number of nitrogens with one attached hydrogen (secondary N) is 2. The Morgan fingerprint density at radius 2 is 2.04 bits per heavy atom. The first kappa shape index (κ1) is 16.4. The lowest BCUT2D eigenvalue weighted by atomic mass is 10.2. The van der Waals surface area contributed by atoms with Gasteiger partial charge >= 0.3 is 5.69 Å². The summed E-state index contributed by atoms with van der Waals surface area (Å²) in [5.74, 6) is -0.389. The summed E-state index contributed by atoms with van der Waals surface area (Å²) >= 11 is 5.07. The van der Waals surface area contributed by atoms with Gasteiger partial charge in [0, 0.05) is 18.2 Å². The first-order valence-corrected chi connectivity index (χ1v) is 7.05. The maximum Gasteiger partial charge on any atom is 0.311 e. The quantitative estimate of drug-likeness (QED) is 0.337. The highest BCUT2D eigenvalue weighted by atomic mass is 32.1. The summed E-state index contributed by atoms with van der Waals surface area (Å²) in [5, 5.41) is 27.3. The maximum atomic E-state index is 10.7. The Bertz CT molecular complexity index is 735. The van der Waals surface area contributed by atoms with Crippen LogP contribution in [-0.4, -0.2) is 21.4 Å². The highest BCUT2D eigenvalue weighted by Crippen LogP contribution is 2.25. The standard InChI is InChI=1S/C15H14N4O3S/c20-14-7-6-12(8-13(14)19(21)22)10-17-18-15(23)16-9-11-4-2-1-3-5-11/h1-8,10,20H,9H2,(H2,16,18,23). The van der Waals surface area contributed by atoms with E-state index in [9.17, 15) is 15.2 Å². The summed E-state index contributed by atoms with van der Waals surface area (Å²) in [7, 11) is 0. The van der Waals surface area contributed by atoms with Gasteiger partial charge in [-0.25, -0.2) is 0 Å². The molecule has 0 aliphatic rings. The molecule has 0 atom stereocenters. The van der Waals surface area contributed by atoms with Crippen molar-refractivity contribution in [2.75, 3.05) is 0 Å². The van der Waals surface area contributed by atoms with Crippen LogP contribution in [0.2, 0.25) is 0 Å². The number of aromatic hydroxyl groups is 1. The second-order valence-corrected chi connectivity index (χ2v) is 4.95. The second-order valence-electron chi connectivity index (χ2n) is 4.54. The predicted molar refractivity (Wildman–Crippen MR) is 91.4 cm³/mol. The van der Waals surface area contributed by atoms with Crippen LogP contribution in [0, 0.1) is 10.1 Å². The van der Waals surface area contributed by atoms with Crippen LogP contribution in [0.4, 0.5) is 5.69 Å². The zero-order chi connectivity index (χ0) is 16.7. The number of thiocarbonyl (C=S) groups is 1. The van der Waals surface area contributed by atoms with Gasteiger partial charge in [0.1, 0.15) is 0 Å². The Hall–Kier alpha value is -3.00. The van der Waals surface area contributed by atoms with Gasteiger partial charge in [-0.3, -0.25) is 15.5 Å². The van der Waals surface area contributed by atoms with Crippen LogP contribution >= 0.6 is 12.2 Å². The van der Waals surface area contributed by atoms with E-state index in [-0.39, 0.29) is 11.4 Å². The third-order valence-corrected chi connectivity index (χ3v) is 3.11. The Morgan fingerprint density at radius 3 is 2.74 bits per heavy atom. The number of hydrogen-bond acceptors (Lipinski definition) is 5. The first-order valence-electron chi connectivity index (χ1n) is 6.64. The van der Waals surface area contributed by atoms with E-state index in [0.29, 0.717) is 17.2 Å². The molecule has 23 heavy (non-hydrogen) atoms. The van der Waals surface area contributed by atoms with E-state index < -0.39 is 4.92 Å². The van der Waals surface area contributed by atoms with Gasteiger partial charge in [-0.2, -0.15) is 5.10 Å². The average Bonchev–Trinajstić information content (AvgIpc) is 2.55. The van der Waals surface area contributed by atoms with Crippen molar-refractivity contribution in [2.24, 2.45) is 5.10 Å². The van der Waals surface area contributed by atoms with Crippen LogP contribution in [0.3, 0.4) is 0 Å². The molecular weight excluding hydrogens is 316 g/mol. The Kier molecular flexibility index (Phi) is 5.59. The van der Waals surface area contributed by atoms with Crippen molar-refractivity contribution in [3.63, 3.8) is 0 Å². The molecule has 0 unspecified atom stereocenters. The molecule has 0 aliphatic carbocycles. The fourth-order valence-corrected chi connectivity index (χ4v) is 1.88. The van der Waals surface area contributed by atoms with Gasteiger partial charge in [0.25, 0.3) is 0 Å². The molecule has 0 saturated carbocycles. The molecule has 8 heteroatoms. The monoisotopic (exact) mass is 330 g/mol. The molecule has 0 heterocycles. The molecule has 118 valence electrons. The van der Waals surface area contributed by atoms with Crippen molar-refractivity contribution in [2.45, 2.75) is 6.54 Å². The summed E-state index contributed by atoms with van der Waals surface area (Å²) in [6.07, 6.45) is 1.38. The van der Waals surface area contributed by atoms with Crippen LogP contribution in [0.25, 0.3) is 0 Å². The number of rotatable bonds is 5. The number of phenols is 1. The highest BCUT2D eigenvalue weighted by Gasteiger charge is 2.12. The number of hydrazone groups is 1. The van der Waals surface area contributed by atoms with Gasteiger partial charge in [-0.15, -0.1) is 0 Å². The van der Waals surface area contributed by atoms with Crippen molar-refractivity contribution in [1.82, 2.24) is 10.7 Å². The van der Waals surface area contributed by atoms with Crippen LogP contribution < -0.4 is 10.7 Å². The average molecular weight is 330 g/mol. The minimum Gasteiger partial charge on any atom is -0.502 e. The van der Waals surface area contributed by atoms with Crippen LogP contribution in [0.15, 0.2) is 53.6 Å². The van der Waals surface area contributed by atoms with E-state index in [4.69, 9.17) is 12.2 Å². The molecule has 0 amide bonds. The minimum absolute atomic E-state index is 0.332. The van der Waals surface area contributed by atoms with Crippen molar-refractivity contribution < 1.29 is 10.0 Å². The number of nitro groups is 1. The second kappa shape index (κ2) is 7.85. The predicted octanol–water partition coefficient (Wildman–Crippen LogP) is 2.30. The SMILES string of the molecule is O=[N+]([O-])c1cc(C=NNC(=S)NCc2ccccc2)ccc1O. The van der Waals surface area contributed by atoms with Gasteiger partial charge in [-0.05, 0) is 29.9 Å². The normalized spacial score (nSPS) is 10.4. The van der Waals surface area contributed by atoms with Gasteiger partial charge < -0.3 is 10.4 Å². The number of nitrogens with zero attached hydrogens (tertiary/aromatic N) is 2. The van der Waals surface area contributed by atoms with Gasteiger partial charge in [0.15, 0.2) is 10.9 Å². The number of nitro benzene ring substituents is 1. The summed E-state index contributed by atoms with van der Waals surface area (Å²) in [6, 6.07) is 13.7. The molecule has 2 rings (SSSR count). The summed E-state index contributed by atoms with van der Waals surface area (Å²) in [4.78, 5) is 10.1. The topological polar surface area (TPSA) is 99.8 Å². The van der Waals surface area contributed by atoms with Crippen LogP contribution in [-0.2, 0) is 6.54 Å². The lowest BCUT2D eigenvalue weighted by Crippen LogP contribution is -2.31. The van der Waals surface area contributed by atoms with Gasteiger partial charge in [0.2, 0.25) is 0 Å². The van der Waals surface area contributed by atoms with Crippen LogP contribution in [0.5, 0.6) is 5.75 Å². The number of hydrogen-bond donors (Lipinski definition) is 3. The molecule has 0 spiro atoms. The Balaban J connectivity index is 1.87. The fourth-order valence-electron chi connectivity index (χ4n) is 1.75. The van der Waals surface area contributed by atoms with Crippen molar-refractivity contribution in [1.29, 1.82) is 0 Å². The van der Waals surface area contributed by atoms with Gasteiger partial charge in [-0.1, -0.05) is 30.3 Å². The molecule has 7 nitrogen and oxygen atoms in total. The number of benzene rings is 2. The first-order chi connectivity index (χ1) is 11.1. The van der Waals surface area contributed by atoms with Gasteiger partial charge in [0.05, 0.1) is 11.1 Å².